The summed E-state index contributed by atoms with van der Waals surface area (Å²) < 4.78 is 8.18. The highest BCUT2D eigenvalue weighted by molar-refractivity contribution is 9.10. The number of ether oxygens (including phenoxy) is 1. The summed E-state index contributed by atoms with van der Waals surface area (Å²) in [4.78, 5) is 4.17. The zero-order valence-electron chi connectivity index (χ0n) is 10.6. The smallest absolute Gasteiger partial charge is 0.135 e. The van der Waals surface area contributed by atoms with Crippen molar-refractivity contribution >= 4 is 15.9 Å². The van der Waals surface area contributed by atoms with Gasteiger partial charge in [0, 0.05) is 6.07 Å². The van der Waals surface area contributed by atoms with Crippen LogP contribution in [0.2, 0.25) is 0 Å². The molecule has 0 saturated heterocycles. The number of halogens is 1. The molecule has 0 unspecified atom stereocenters. The van der Waals surface area contributed by atoms with Gasteiger partial charge in [0.15, 0.2) is 0 Å². The van der Waals surface area contributed by atoms with Crippen LogP contribution < -0.4 is 10.5 Å². The lowest BCUT2D eigenvalue weighted by Crippen LogP contribution is -2.31. The first kappa shape index (κ1) is 13.1. The van der Waals surface area contributed by atoms with Gasteiger partial charge in [-0.3, -0.25) is 0 Å². The third-order valence-corrected chi connectivity index (χ3v) is 3.37. The maximum absolute atomic E-state index is 6.14. The number of nitrogens with two attached hydrogens (primary N) is 1. The lowest BCUT2D eigenvalue weighted by atomic mass is 10.0. The molecule has 96 valence electrons. The van der Waals surface area contributed by atoms with Crippen LogP contribution >= 0.6 is 15.9 Å². The van der Waals surface area contributed by atoms with Gasteiger partial charge in [-0.15, -0.1) is 0 Å². The zero-order chi connectivity index (χ0) is 13.3. The summed E-state index contributed by atoms with van der Waals surface area (Å²) in [6.07, 6.45) is 3.54. The molecule has 2 rings (SSSR count). The summed E-state index contributed by atoms with van der Waals surface area (Å²) in [7, 11) is 1.64. The van der Waals surface area contributed by atoms with Gasteiger partial charge in [0.25, 0.3) is 0 Å². The summed E-state index contributed by atoms with van der Waals surface area (Å²) >= 11 is 3.44. The number of rotatable bonds is 3. The van der Waals surface area contributed by atoms with E-state index >= 15 is 0 Å². The first-order valence-corrected chi connectivity index (χ1v) is 6.38. The molecule has 0 radical (unpaired) electrons. The molecule has 2 aromatic rings. The van der Waals surface area contributed by atoms with Crippen LogP contribution in [0.3, 0.4) is 0 Å². The second-order valence-corrected chi connectivity index (χ2v) is 5.54. The molecule has 0 saturated carbocycles. The van der Waals surface area contributed by atoms with E-state index < -0.39 is 5.54 Å². The van der Waals surface area contributed by atoms with Gasteiger partial charge in [-0.25, -0.2) is 4.98 Å². The van der Waals surface area contributed by atoms with Crippen LogP contribution in [-0.2, 0) is 5.54 Å². The number of hydrogen-bond donors (Lipinski definition) is 1. The van der Waals surface area contributed by atoms with Crippen LogP contribution in [0, 0.1) is 0 Å². The molecule has 1 aromatic carbocycles. The van der Waals surface area contributed by atoms with Crippen molar-refractivity contribution in [3.63, 3.8) is 0 Å². The highest BCUT2D eigenvalue weighted by Gasteiger charge is 2.20. The molecule has 0 aliphatic carbocycles. The second-order valence-electron chi connectivity index (χ2n) is 4.69. The molecule has 18 heavy (non-hydrogen) atoms. The van der Waals surface area contributed by atoms with E-state index in [1.807, 2.05) is 36.6 Å². The van der Waals surface area contributed by atoms with Crippen molar-refractivity contribution in [1.82, 2.24) is 9.55 Å². The number of benzene rings is 1. The summed E-state index contributed by atoms with van der Waals surface area (Å²) in [5.41, 5.74) is 7.61. The first-order chi connectivity index (χ1) is 8.43. The maximum atomic E-state index is 6.14. The molecule has 5 heteroatoms. The Kier molecular flexibility index (Phi) is 3.45. The van der Waals surface area contributed by atoms with Gasteiger partial charge < -0.3 is 15.0 Å². The number of imidazole rings is 1. The maximum Gasteiger partial charge on any atom is 0.135 e. The highest BCUT2D eigenvalue weighted by Crippen LogP contribution is 2.29. The molecule has 4 nitrogen and oxygen atoms in total. The molecule has 0 aliphatic heterocycles. The van der Waals surface area contributed by atoms with E-state index in [0.29, 0.717) is 0 Å². The van der Waals surface area contributed by atoms with Gasteiger partial charge in [0.05, 0.1) is 41.0 Å². The predicted octanol–water partition coefficient (Wildman–Crippen LogP) is 2.84. The van der Waals surface area contributed by atoms with Gasteiger partial charge in [0.2, 0.25) is 0 Å². The monoisotopic (exact) mass is 309 g/mol. The fourth-order valence-corrected chi connectivity index (χ4v) is 2.18. The van der Waals surface area contributed by atoms with Gasteiger partial charge >= 0.3 is 0 Å². The van der Waals surface area contributed by atoms with Crippen molar-refractivity contribution in [2.45, 2.75) is 19.4 Å². The Morgan fingerprint density at radius 1 is 1.39 bits per heavy atom. The largest absolute Gasteiger partial charge is 0.495 e. The number of hydrogen-bond acceptors (Lipinski definition) is 3. The Bertz CT molecular complexity index is 558. The average Bonchev–Trinajstić information content (AvgIpc) is 2.78. The van der Waals surface area contributed by atoms with Crippen molar-refractivity contribution in [2.24, 2.45) is 5.73 Å². The van der Waals surface area contributed by atoms with Gasteiger partial charge in [-0.1, -0.05) is 0 Å². The molecular weight excluding hydrogens is 294 g/mol. The Balaban J connectivity index is 2.53. The molecule has 0 aliphatic rings. The van der Waals surface area contributed by atoms with E-state index in [1.54, 1.807) is 19.6 Å². The van der Waals surface area contributed by atoms with E-state index in [2.05, 4.69) is 20.9 Å². The lowest BCUT2D eigenvalue weighted by molar-refractivity contribution is 0.412. The average molecular weight is 310 g/mol. The topological polar surface area (TPSA) is 53.1 Å². The minimum Gasteiger partial charge on any atom is -0.495 e. The molecule has 0 fully saturated rings. The van der Waals surface area contributed by atoms with Gasteiger partial charge in [0.1, 0.15) is 5.75 Å². The van der Waals surface area contributed by atoms with E-state index in [-0.39, 0.29) is 0 Å². The first-order valence-electron chi connectivity index (χ1n) is 5.59. The summed E-state index contributed by atoms with van der Waals surface area (Å²) in [5, 5.41) is 0. The predicted molar refractivity (Wildman–Crippen MR) is 75.0 cm³/mol. The molecule has 2 N–H and O–H groups in total. The number of nitrogens with zero attached hydrogens (tertiary/aromatic N) is 2. The Morgan fingerprint density at radius 2 is 2.11 bits per heavy atom. The molecule has 0 spiro atoms. The fraction of sp³-hybridized carbons (Fsp3) is 0.308. The highest BCUT2D eigenvalue weighted by atomic mass is 79.9. The number of aromatic nitrogens is 2. The van der Waals surface area contributed by atoms with E-state index in [0.717, 1.165) is 21.6 Å². The third kappa shape index (κ3) is 2.42. The van der Waals surface area contributed by atoms with Gasteiger partial charge in [-0.05, 0) is 41.9 Å². The normalized spacial score (nSPS) is 11.6. The fourth-order valence-electron chi connectivity index (χ4n) is 1.78. The molecular formula is C13H16BrN3O. The van der Waals surface area contributed by atoms with Crippen LogP contribution in [0.4, 0.5) is 0 Å². The standard InChI is InChI=1S/C13H16BrN3O/c1-13(2,15)12-7-16-8-17(12)9-4-5-10(14)11(6-9)18-3/h4-8H,15H2,1-3H3. The number of methoxy groups -OCH3 is 1. The lowest BCUT2D eigenvalue weighted by Gasteiger charge is -2.21. The van der Waals surface area contributed by atoms with E-state index in [4.69, 9.17) is 10.5 Å². The molecule has 0 bridgehead atoms. The summed E-state index contributed by atoms with van der Waals surface area (Å²) in [6, 6.07) is 5.88. The Labute approximate surface area is 115 Å². The minimum atomic E-state index is -0.448. The molecule has 0 atom stereocenters. The van der Waals surface area contributed by atoms with E-state index in [9.17, 15) is 0 Å². The van der Waals surface area contributed by atoms with Crippen molar-refractivity contribution in [1.29, 1.82) is 0 Å². The van der Waals surface area contributed by atoms with Crippen LogP contribution in [0.5, 0.6) is 5.75 Å². The van der Waals surface area contributed by atoms with Gasteiger partial charge in [-0.2, -0.15) is 0 Å². The SMILES string of the molecule is COc1cc(-n2cncc2C(C)(C)N)ccc1Br. The van der Waals surface area contributed by atoms with Crippen LogP contribution in [0.25, 0.3) is 5.69 Å². The third-order valence-electron chi connectivity index (χ3n) is 2.71. The minimum absolute atomic E-state index is 0.448. The van der Waals surface area contributed by atoms with Crippen molar-refractivity contribution < 1.29 is 4.74 Å². The van der Waals surface area contributed by atoms with Crippen molar-refractivity contribution in [3.8, 4) is 11.4 Å². The molecule has 1 aromatic heterocycles. The summed E-state index contributed by atoms with van der Waals surface area (Å²) in [6.45, 7) is 3.91. The Morgan fingerprint density at radius 3 is 2.72 bits per heavy atom. The van der Waals surface area contributed by atoms with Crippen LogP contribution in [-0.4, -0.2) is 16.7 Å². The molecule has 0 amide bonds. The quantitative estimate of drug-likeness (QED) is 0.948. The Hall–Kier alpha value is -1.33. The molecule has 1 heterocycles. The second kappa shape index (κ2) is 4.74. The summed E-state index contributed by atoms with van der Waals surface area (Å²) in [5.74, 6) is 0.780. The van der Waals surface area contributed by atoms with Crippen molar-refractivity contribution in [2.75, 3.05) is 7.11 Å². The zero-order valence-corrected chi connectivity index (χ0v) is 12.2. The van der Waals surface area contributed by atoms with E-state index in [1.165, 1.54) is 0 Å². The van der Waals surface area contributed by atoms with Crippen LogP contribution in [0.1, 0.15) is 19.5 Å². The van der Waals surface area contributed by atoms with Crippen molar-refractivity contribution in [3.05, 3.63) is 40.9 Å². The van der Waals surface area contributed by atoms with Crippen LogP contribution in [0.15, 0.2) is 35.2 Å².